The number of aromatic nitrogens is 2. The highest BCUT2D eigenvalue weighted by Gasteiger charge is 2.26. The molecule has 492 valence electrons. The summed E-state index contributed by atoms with van der Waals surface area (Å²) in [6.07, 6.45) is 38.7. The van der Waals surface area contributed by atoms with Crippen molar-refractivity contribution in [1.29, 1.82) is 0 Å². The zero-order valence-electron chi connectivity index (χ0n) is 56.6. The largest absolute Gasteiger partial charge is 0.494 e. The Morgan fingerprint density at radius 2 is 0.624 bits per heavy atom. The first kappa shape index (κ1) is 69.4. The van der Waals surface area contributed by atoms with Gasteiger partial charge in [0.2, 0.25) is 0 Å². The van der Waals surface area contributed by atoms with Crippen LogP contribution >= 0.6 is 79.4 Å². The van der Waals surface area contributed by atoms with E-state index in [0.29, 0.717) is 0 Å². The molecule has 11 heteroatoms. The Balaban J connectivity index is 0.924. The molecule has 0 saturated carbocycles. The summed E-state index contributed by atoms with van der Waals surface area (Å²) in [6, 6.07) is 40.5. The molecular formula is C82H100N2O2S7. The van der Waals surface area contributed by atoms with Crippen molar-refractivity contribution in [1.82, 2.24) is 9.97 Å². The number of ether oxygens (including phenoxy) is 2. The minimum Gasteiger partial charge on any atom is -0.494 e. The van der Waals surface area contributed by atoms with Crippen molar-refractivity contribution in [2.75, 3.05) is 13.2 Å². The molecule has 0 fully saturated rings. The highest BCUT2D eigenvalue weighted by Crippen LogP contribution is 2.55. The molecule has 0 aliphatic heterocycles. The summed E-state index contributed by atoms with van der Waals surface area (Å²) in [5.74, 6) is 1.78. The number of hydrogen-bond acceptors (Lipinski definition) is 11. The van der Waals surface area contributed by atoms with Crippen molar-refractivity contribution in [3.05, 3.63) is 130 Å². The molecular weight excluding hydrogens is 1270 g/mol. The number of thiophene rings is 7. The molecule has 8 heterocycles. The normalized spacial score (nSPS) is 11.8. The Morgan fingerprint density at radius 3 is 1.03 bits per heavy atom. The van der Waals surface area contributed by atoms with Gasteiger partial charge in [0.1, 0.15) is 11.5 Å². The molecule has 0 radical (unpaired) electrons. The van der Waals surface area contributed by atoms with Crippen molar-refractivity contribution < 1.29 is 9.47 Å². The second-order valence-electron chi connectivity index (χ2n) is 25.9. The number of rotatable bonds is 41. The molecule has 11 aromatic rings. The summed E-state index contributed by atoms with van der Waals surface area (Å²) in [5.41, 5.74) is 11.0. The van der Waals surface area contributed by atoms with Crippen LogP contribution in [0.2, 0.25) is 0 Å². The molecule has 0 N–H and O–H groups in total. The monoisotopic (exact) mass is 1370 g/mol. The topological polar surface area (TPSA) is 44.2 Å². The molecule has 0 atom stereocenters. The fourth-order valence-corrected chi connectivity index (χ4v) is 21.9. The maximum absolute atomic E-state index is 6.34. The molecule has 3 aromatic carbocycles. The van der Waals surface area contributed by atoms with Crippen molar-refractivity contribution in [3.8, 4) is 84.2 Å². The third kappa shape index (κ3) is 18.2. The van der Waals surface area contributed by atoms with Gasteiger partial charge in [-0.05, 0) is 161 Å². The molecule has 0 bridgehead atoms. The number of aryl methyl sites for hydroxylation is 4. The molecule has 0 aliphatic carbocycles. The van der Waals surface area contributed by atoms with Crippen LogP contribution in [0.25, 0.3) is 102 Å². The molecule has 0 saturated heterocycles. The van der Waals surface area contributed by atoms with E-state index in [9.17, 15) is 0 Å². The van der Waals surface area contributed by atoms with Gasteiger partial charge < -0.3 is 9.47 Å². The van der Waals surface area contributed by atoms with Gasteiger partial charge in [-0.2, -0.15) is 0 Å². The van der Waals surface area contributed by atoms with E-state index >= 15 is 0 Å². The first-order valence-electron chi connectivity index (χ1n) is 36.0. The predicted octanol–water partition coefficient (Wildman–Crippen LogP) is 29.5. The Hall–Kier alpha value is -4.98. The van der Waals surface area contributed by atoms with Crippen LogP contribution in [0.5, 0.6) is 11.5 Å². The second-order valence-corrected chi connectivity index (χ2v) is 33.7. The highest BCUT2D eigenvalue weighted by molar-refractivity contribution is 7.41. The highest BCUT2D eigenvalue weighted by atomic mass is 32.1. The number of fused-ring (bicyclic) bond motifs is 4. The lowest BCUT2D eigenvalue weighted by atomic mass is 10.0. The van der Waals surface area contributed by atoms with Crippen LogP contribution in [0, 0.1) is 13.8 Å². The first-order valence-corrected chi connectivity index (χ1v) is 41.7. The quantitative estimate of drug-likeness (QED) is 0.0358. The van der Waals surface area contributed by atoms with E-state index in [1.54, 1.807) is 20.5 Å². The molecule has 0 amide bonds. The maximum Gasteiger partial charge on any atom is 0.119 e. The van der Waals surface area contributed by atoms with Crippen LogP contribution in [0.3, 0.4) is 0 Å². The van der Waals surface area contributed by atoms with Gasteiger partial charge in [-0.25, -0.2) is 9.97 Å². The standard InChI is InChI=1S/C82H100N2O2S7/c1-7-11-15-19-23-25-27-31-35-65-77(71-50-38-58(6)88-71)91-81-79(65)93-80-66(36-32-28-26-24-20-16-12-8-2)78(92-82(80)81)72-54-53-70(90-72)69-52-51-68(89-69)64-48-47-63(67-49-37-57(5)87-67)75-76(64)84-74(60-41-45-62(46-42-60)86-56-34-30-22-18-14-10-4)73(83-75)59-39-43-61(44-40-59)85-55-33-29-21-17-13-9-3/h37-54H,7-36,55-56H2,1-6H3. The smallest absolute Gasteiger partial charge is 0.119 e. The minimum atomic E-state index is 0.729. The van der Waals surface area contributed by atoms with E-state index in [0.717, 1.165) is 88.7 Å². The van der Waals surface area contributed by atoms with Gasteiger partial charge in [0.25, 0.3) is 0 Å². The predicted molar refractivity (Wildman–Crippen MR) is 418 cm³/mol. The van der Waals surface area contributed by atoms with Crippen molar-refractivity contribution in [2.45, 2.75) is 234 Å². The van der Waals surface area contributed by atoms with Crippen molar-refractivity contribution >= 4 is 109 Å². The lowest BCUT2D eigenvalue weighted by Gasteiger charge is -2.15. The van der Waals surface area contributed by atoms with Gasteiger partial charge in [-0.3, -0.25) is 0 Å². The van der Waals surface area contributed by atoms with E-state index in [1.807, 2.05) is 45.3 Å². The van der Waals surface area contributed by atoms with E-state index in [1.165, 1.54) is 232 Å². The van der Waals surface area contributed by atoms with Crippen LogP contribution in [0.1, 0.15) is 228 Å². The molecule has 93 heavy (non-hydrogen) atoms. The van der Waals surface area contributed by atoms with Crippen LogP contribution in [0.4, 0.5) is 0 Å². The molecule has 0 unspecified atom stereocenters. The molecule has 11 rings (SSSR count). The average molecular weight is 1370 g/mol. The maximum atomic E-state index is 6.34. The Morgan fingerprint density at radius 1 is 0.290 bits per heavy atom. The van der Waals surface area contributed by atoms with E-state index in [-0.39, 0.29) is 0 Å². The summed E-state index contributed by atoms with van der Waals surface area (Å²) in [4.78, 5) is 25.2. The number of unbranched alkanes of at least 4 members (excludes halogenated alkanes) is 24. The van der Waals surface area contributed by atoms with E-state index < -0.39 is 0 Å². The molecule has 4 nitrogen and oxygen atoms in total. The van der Waals surface area contributed by atoms with Crippen LogP contribution in [-0.4, -0.2) is 23.2 Å². The summed E-state index contributed by atoms with van der Waals surface area (Å²) >= 11 is 14.0. The van der Waals surface area contributed by atoms with Gasteiger partial charge in [-0.15, -0.1) is 79.4 Å². The Bertz CT molecular complexity index is 4050. The summed E-state index contributed by atoms with van der Waals surface area (Å²) in [5, 5.41) is 0. The zero-order chi connectivity index (χ0) is 64.1. The first-order chi connectivity index (χ1) is 45.8. The summed E-state index contributed by atoms with van der Waals surface area (Å²) in [7, 11) is 0. The third-order valence-electron chi connectivity index (χ3n) is 18.4. The van der Waals surface area contributed by atoms with E-state index in [2.05, 4.69) is 185 Å². The fraction of sp³-hybridized carbons (Fsp3) is 0.463. The number of nitrogens with zero attached hydrogens (tertiary/aromatic N) is 2. The minimum absolute atomic E-state index is 0.729. The van der Waals surface area contributed by atoms with Gasteiger partial charge in [0.15, 0.2) is 0 Å². The summed E-state index contributed by atoms with van der Waals surface area (Å²) in [6.45, 7) is 15.1. The van der Waals surface area contributed by atoms with Gasteiger partial charge >= 0.3 is 0 Å². The zero-order valence-corrected chi connectivity index (χ0v) is 62.3. The Kier molecular flexibility index (Phi) is 26.7. The lowest BCUT2D eigenvalue weighted by Crippen LogP contribution is -2.00. The SMILES string of the molecule is CCCCCCCCCCc1c(-c2ccc(C)s2)sc2c1sc1c(CCCCCCCCCC)c(-c3ccc(-c4ccc(-c5ccc(-c6ccc(C)s6)c6nc(-c7ccc(OCCCCCCCC)cc7)c(-c7ccc(OCCCCCCCC)cc7)nc56)s4)s3)sc12. The number of hydrogen-bond donors (Lipinski definition) is 0. The average Bonchev–Trinajstić information content (AvgIpc) is 1.63. The molecule has 0 aliphatic rings. The third-order valence-corrected chi connectivity index (χ3v) is 27.4. The second kappa shape index (κ2) is 35.8. The van der Waals surface area contributed by atoms with Gasteiger partial charge in [-0.1, -0.05) is 194 Å². The van der Waals surface area contributed by atoms with Crippen molar-refractivity contribution in [2.24, 2.45) is 0 Å². The summed E-state index contributed by atoms with van der Waals surface area (Å²) < 4.78 is 18.9. The lowest BCUT2D eigenvalue weighted by molar-refractivity contribution is 0.304. The fourth-order valence-electron chi connectivity index (χ4n) is 13.1. The Labute approximate surface area is 585 Å². The van der Waals surface area contributed by atoms with Crippen LogP contribution in [-0.2, 0) is 12.8 Å². The number of benzene rings is 3. The van der Waals surface area contributed by atoms with Crippen molar-refractivity contribution in [3.63, 3.8) is 0 Å². The van der Waals surface area contributed by atoms with Crippen LogP contribution in [0.15, 0.2) is 109 Å². The van der Waals surface area contributed by atoms with Gasteiger partial charge in [0, 0.05) is 71.0 Å². The van der Waals surface area contributed by atoms with Crippen LogP contribution < -0.4 is 9.47 Å². The van der Waals surface area contributed by atoms with E-state index in [4.69, 9.17) is 19.4 Å². The molecule has 0 spiro atoms. The van der Waals surface area contributed by atoms with Gasteiger partial charge in [0.05, 0.1) is 54.4 Å². The molecule has 8 aromatic heterocycles.